The molecule has 1 heterocycles. The largest absolute Gasteiger partial charge is 0.350 e. The average Bonchev–Trinajstić information content (AvgIpc) is 2.82. The van der Waals surface area contributed by atoms with Gasteiger partial charge in [-0.25, -0.2) is 0 Å². The van der Waals surface area contributed by atoms with Gasteiger partial charge in [0.15, 0.2) is 0 Å². The molecule has 0 saturated carbocycles. The average molecular weight is 354 g/mol. The fourth-order valence-corrected chi connectivity index (χ4v) is 2.51. The fourth-order valence-electron chi connectivity index (χ4n) is 1.91. The summed E-state index contributed by atoms with van der Waals surface area (Å²) in [4.78, 5) is 11.9. The summed E-state index contributed by atoms with van der Waals surface area (Å²) in [6.45, 7) is 1.71. The van der Waals surface area contributed by atoms with Gasteiger partial charge in [-0.05, 0) is 53.5 Å². The van der Waals surface area contributed by atoms with Gasteiger partial charge in [-0.2, -0.15) is 0 Å². The minimum Gasteiger partial charge on any atom is -0.350 e. The highest BCUT2D eigenvalue weighted by Gasteiger charge is 2.16. The van der Waals surface area contributed by atoms with Crippen molar-refractivity contribution >= 4 is 45.8 Å². The van der Waals surface area contributed by atoms with Crippen molar-refractivity contribution in [3.8, 4) is 0 Å². The highest BCUT2D eigenvalue weighted by Crippen LogP contribution is 2.21. The van der Waals surface area contributed by atoms with Gasteiger partial charge in [0.2, 0.25) is 0 Å². The van der Waals surface area contributed by atoms with Crippen LogP contribution in [0.1, 0.15) is 23.2 Å². The van der Waals surface area contributed by atoms with Gasteiger partial charge in [-0.1, -0.05) is 11.6 Å². The molecule has 1 atom stereocenters. The molecular weight excluding hydrogens is 339 g/mol. The third-order valence-electron chi connectivity index (χ3n) is 2.84. The number of nitrogens with one attached hydrogen (secondary N) is 2. The second kappa shape index (κ2) is 7.34. The molecule has 1 fully saturated rings. The molecule has 0 spiro atoms. The first-order chi connectivity index (χ1) is 8.16. The molecule has 3 nitrogen and oxygen atoms in total. The van der Waals surface area contributed by atoms with E-state index in [-0.39, 0.29) is 18.3 Å². The van der Waals surface area contributed by atoms with Gasteiger partial charge in [0, 0.05) is 22.1 Å². The van der Waals surface area contributed by atoms with Gasteiger partial charge in [-0.15, -0.1) is 12.4 Å². The molecule has 1 unspecified atom stereocenters. The number of amides is 1. The number of halogens is 3. The van der Waals surface area contributed by atoms with Gasteiger partial charge in [-0.3, -0.25) is 4.79 Å². The smallest absolute Gasteiger partial charge is 0.252 e. The van der Waals surface area contributed by atoms with Crippen LogP contribution in [0, 0.1) is 0 Å². The molecule has 1 amide bonds. The summed E-state index contributed by atoms with van der Waals surface area (Å²) in [5.74, 6) is -0.0897. The topological polar surface area (TPSA) is 41.1 Å². The van der Waals surface area contributed by atoms with Crippen LogP contribution < -0.4 is 10.6 Å². The van der Waals surface area contributed by atoms with Crippen LogP contribution in [0.4, 0.5) is 0 Å². The number of hydrogen-bond acceptors (Lipinski definition) is 2. The Morgan fingerprint density at radius 2 is 2.33 bits per heavy atom. The Kier molecular flexibility index (Phi) is 6.43. The third-order valence-corrected chi connectivity index (χ3v) is 3.77. The molecule has 0 bridgehead atoms. The lowest BCUT2D eigenvalue weighted by Crippen LogP contribution is -2.37. The lowest BCUT2D eigenvalue weighted by atomic mass is 10.2. The van der Waals surface area contributed by atoms with Gasteiger partial charge in [0.05, 0.1) is 5.56 Å². The Morgan fingerprint density at radius 3 is 3.00 bits per heavy atom. The SMILES string of the molecule is Cl.O=C(NCC1CCCN1)c1cc(Cl)ccc1Br. The monoisotopic (exact) mass is 352 g/mol. The quantitative estimate of drug-likeness (QED) is 0.876. The van der Waals surface area contributed by atoms with E-state index < -0.39 is 0 Å². The molecule has 0 aliphatic carbocycles. The Hall–Kier alpha value is -0.290. The number of carbonyl (C=O) groups is 1. The number of hydrogen-bond donors (Lipinski definition) is 2. The lowest BCUT2D eigenvalue weighted by Gasteiger charge is -2.12. The van der Waals surface area contributed by atoms with Crippen molar-refractivity contribution in [1.82, 2.24) is 10.6 Å². The maximum atomic E-state index is 11.9. The summed E-state index contributed by atoms with van der Waals surface area (Å²) >= 11 is 9.22. The van der Waals surface area contributed by atoms with Crippen molar-refractivity contribution in [1.29, 1.82) is 0 Å². The number of carbonyl (C=O) groups excluding carboxylic acids is 1. The van der Waals surface area contributed by atoms with Crippen LogP contribution >= 0.6 is 39.9 Å². The summed E-state index contributed by atoms with van der Waals surface area (Å²) in [6.07, 6.45) is 2.30. The van der Waals surface area contributed by atoms with E-state index in [1.54, 1.807) is 18.2 Å². The van der Waals surface area contributed by atoms with Gasteiger partial charge >= 0.3 is 0 Å². The first-order valence-electron chi connectivity index (χ1n) is 5.63. The molecule has 0 aromatic heterocycles. The van der Waals surface area contributed by atoms with Crippen molar-refractivity contribution in [2.24, 2.45) is 0 Å². The zero-order chi connectivity index (χ0) is 12.3. The van der Waals surface area contributed by atoms with Crippen molar-refractivity contribution in [3.05, 3.63) is 33.3 Å². The maximum absolute atomic E-state index is 11.9. The van der Waals surface area contributed by atoms with E-state index in [4.69, 9.17) is 11.6 Å². The van der Waals surface area contributed by atoms with Gasteiger partial charge in [0.25, 0.3) is 5.91 Å². The summed E-state index contributed by atoms with van der Waals surface area (Å²) in [5, 5.41) is 6.82. The van der Waals surface area contributed by atoms with Crippen LogP contribution in [-0.4, -0.2) is 25.0 Å². The number of rotatable bonds is 3. The molecule has 1 aliphatic heterocycles. The molecule has 2 rings (SSSR count). The molecular formula is C12H15BrCl2N2O. The highest BCUT2D eigenvalue weighted by molar-refractivity contribution is 9.10. The van der Waals surface area contributed by atoms with Crippen LogP contribution in [0.25, 0.3) is 0 Å². The second-order valence-electron chi connectivity index (χ2n) is 4.13. The van der Waals surface area contributed by atoms with Crippen molar-refractivity contribution in [3.63, 3.8) is 0 Å². The molecule has 0 radical (unpaired) electrons. The molecule has 1 aliphatic rings. The Balaban J connectivity index is 0.00000162. The fraction of sp³-hybridized carbons (Fsp3) is 0.417. The zero-order valence-corrected chi connectivity index (χ0v) is 12.9. The molecule has 18 heavy (non-hydrogen) atoms. The van der Waals surface area contributed by atoms with Crippen LogP contribution in [0.2, 0.25) is 5.02 Å². The first kappa shape index (κ1) is 15.8. The molecule has 1 aromatic carbocycles. The Labute approximate surface area is 126 Å². The van der Waals surface area contributed by atoms with Gasteiger partial charge in [0.1, 0.15) is 0 Å². The summed E-state index contributed by atoms with van der Waals surface area (Å²) in [6, 6.07) is 5.60. The van der Waals surface area contributed by atoms with Crippen molar-refractivity contribution in [2.75, 3.05) is 13.1 Å². The minimum atomic E-state index is -0.0897. The summed E-state index contributed by atoms with van der Waals surface area (Å²) in [5.41, 5.74) is 0.579. The van der Waals surface area contributed by atoms with Crippen LogP contribution in [0.15, 0.2) is 22.7 Å². The van der Waals surface area contributed by atoms with Crippen LogP contribution in [0.3, 0.4) is 0 Å². The van der Waals surface area contributed by atoms with Crippen LogP contribution in [0.5, 0.6) is 0 Å². The number of benzene rings is 1. The van der Waals surface area contributed by atoms with E-state index in [9.17, 15) is 4.79 Å². The minimum absolute atomic E-state index is 0. The van der Waals surface area contributed by atoms with E-state index in [1.165, 1.54) is 6.42 Å². The van der Waals surface area contributed by atoms with Crippen molar-refractivity contribution < 1.29 is 4.79 Å². The molecule has 6 heteroatoms. The van der Waals surface area contributed by atoms with Crippen molar-refractivity contribution in [2.45, 2.75) is 18.9 Å². The normalized spacial score (nSPS) is 18.2. The second-order valence-corrected chi connectivity index (χ2v) is 5.42. The Morgan fingerprint density at radius 1 is 1.56 bits per heavy atom. The summed E-state index contributed by atoms with van der Waals surface area (Å²) in [7, 11) is 0. The van der Waals surface area contributed by atoms with E-state index >= 15 is 0 Å². The van der Waals surface area contributed by atoms with Gasteiger partial charge < -0.3 is 10.6 Å². The molecule has 1 aromatic rings. The predicted octanol–water partition coefficient (Wildman–Crippen LogP) is 3.01. The predicted molar refractivity (Wildman–Crippen MR) is 79.8 cm³/mol. The van der Waals surface area contributed by atoms with E-state index in [2.05, 4.69) is 26.6 Å². The standard InChI is InChI=1S/C12H14BrClN2O.ClH/c13-11-4-3-8(14)6-10(11)12(17)16-7-9-2-1-5-15-9;/h3-4,6,9,15H,1-2,5,7H2,(H,16,17);1H. The maximum Gasteiger partial charge on any atom is 0.252 e. The van der Waals surface area contributed by atoms with Crippen LogP contribution in [-0.2, 0) is 0 Å². The zero-order valence-electron chi connectivity index (χ0n) is 9.71. The van der Waals surface area contributed by atoms with E-state index in [0.717, 1.165) is 17.4 Å². The summed E-state index contributed by atoms with van der Waals surface area (Å²) < 4.78 is 0.763. The third kappa shape index (κ3) is 4.12. The van der Waals surface area contributed by atoms with E-state index in [1.807, 2.05) is 0 Å². The Bertz CT molecular complexity index is 423. The first-order valence-corrected chi connectivity index (χ1v) is 6.80. The highest BCUT2D eigenvalue weighted by atomic mass is 79.9. The molecule has 100 valence electrons. The molecule has 1 saturated heterocycles. The lowest BCUT2D eigenvalue weighted by molar-refractivity contribution is 0.0949. The van der Waals surface area contributed by atoms with E-state index in [0.29, 0.717) is 23.2 Å². The molecule has 2 N–H and O–H groups in total.